The van der Waals surface area contributed by atoms with Crippen molar-refractivity contribution in [3.8, 4) is 5.75 Å². The summed E-state index contributed by atoms with van der Waals surface area (Å²) in [4.78, 5) is 0.938. The molecule has 2 heteroatoms. The van der Waals surface area contributed by atoms with Crippen LogP contribution in [0.2, 0.25) is 0 Å². The zero-order valence-electron chi connectivity index (χ0n) is 6.36. The molecule has 0 bridgehead atoms. The van der Waals surface area contributed by atoms with Crippen molar-refractivity contribution in [2.45, 2.75) is 4.90 Å². The van der Waals surface area contributed by atoms with Crippen LogP contribution in [0.4, 0.5) is 0 Å². The fraction of sp³-hybridized carbons (Fsp3) is 0. The predicted octanol–water partition coefficient (Wildman–Crippen LogP) is 2.83. The standard InChI is InChI=1S/C10H8OS/c11-8-4-5-9-7(6-8)2-1-3-10(9)12/h1-6,11-12H. The number of rotatable bonds is 0. The number of phenols is 1. The Balaban J connectivity index is 2.86. The average Bonchev–Trinajstić information content (AvgIpc) is 2.04. The first-order valence-corrected chi connectivity index (χ1v) is 4.13. The van der Waals surface area contributed by atoms with E-state index in [9.17, 15) is 5.11 Å². The molecule has 0 spiro atoms. The van der Waals surface area contributed by atoms with E-state index in [4.69, 9.17) is 0 Å². The van der Waals surface area contributed by atoms with E-state index in [1.54, 1.807) is 12.1 Å². The van der Waals surface area contributed by atoms with Crippen LogP contribution in [0.1, 0.15) is 0 Å². The summed E-state index contributed by atoms with van der Waals surface area (Å²) < 4.78 is 0. The lowest BCUT2D eigenvalue weighted by Crippen LogP contribution is -1.73. The minimum Gasteiger partial charge on any atom is -0.508 e. The van der Waals surface area contributed by atoms with Gasteiger partial charge >= 0.3 is 0 Å². The van der Waals surface area contributed by atoms with Crippen molar-refractivity contribution in [1.29, 1.82) is 0 Å². The second-order valence-electron chi connectivity index (χ2n) is 2.68. The molecule has 2 aromatic carbocycles. The van der Waals surface area contributed by atoms with Crippen LogP contribution in [0.3, 0.4) is 0 Å². The van der Waals surface area contributed by atoms with Crippen molar-refractivity contribution in [1.82, 2.24) is 0 Å². The van der Waals surface area contributed by atoms with Crippen LogP contribution < -0.4 is 0 Å². The summed E-state index contributed by atoms with van der Waals surface area (Å²) in [5.41, 5.74) is 0. The Morgan fingerprint density at radius 3 is 2.75 bits per heavy atom. The SMILES string of the molecule is Oc1ccc2c(S)cccc2c1. The lowest BCUT2D eigenvalue weighted by molar-refractivity contribution is 0.476. The molecule has 12 heavy (non-hydrogen) atoms. The Bertz CT molecular complexity index is 423. The highest BCUT2D eigenvalue weighted by Gasteiger charge is 1.96. The van der Waals surface area contributed by atoms with Crippen LogP contribution in [0.5, 0.6) is 5.75 Å². The molecule has 1 N–H and O–H groups in total. The van der Waals surface area contributed by atoms with Crippen LogP contribution in [0, 0.1) is 0 Å². The first-order chi connectivity index (χ1) is 5.77. The number of hydrogen-bond donors (Lipinski definition) is 2. The number of phenolic OH excluding ortho intramolecular Hbond substituents is 1. The van der Waals surface area contributed by atoms with Gasteiger partial charge in [-0.25, -0.2) is 0 Å². The number of fused-ring (bicyclic) bond motifs is 1. The van der Waals surface area contributed by atoms with Crippen molar-refractivity contribution in [3.63, 3.8) is 0 Å². The van der Waals surface area contributed by atoms with Gasteiger partial charge in [0.25, 0.3) is 0 Å². The monoisotopic (exact) mass is 176 g/mol. The molecule has 0 saturated heterocycles. The number of benzene rings is 2. The molecular weight excluding hydrogens is 168 g/mol. The van der Waals surface area contributed by atoms with Gasteiger partial charge in [0, 0.05) is 4.90 Å². The second-order valence-corrected chi connectivity index (χ2v) is 3.16. The first-order valence-electron chi connectivity index (χ1n) is 3.68. The third-order valence-corrected chi connectivity index (χ3v) is 2.23. The smallest absolute Gasteiger partial charge is 0.116 e. The molecule has 0 fully saturated rings. The van der Waals surface area contributed by atoms with Crippen LogP contribution in [0.25, 0.3) is 10.8 Å². The lowest BCUT2D eigenvalue weighted by Gasteiger charge is -2.00. The lowest BCUT2D eigenvalue weighted by atomic mass is 10.1. The molecule has 2 rings (SSSR count). The van der Waals surface area contributed by atoms with Gasteiger partial charge in [0.2, 0.25) is 0 Å². The molecule has 0 aliphatic rings. The molecule has 0 saturated carbocycles. The molecule has 0 heterocycles. The Kier molecular flexibility index (Phi) is 1.70. The maximum absolute atomic E-state index is 9.20. The minimum atomic E-state index is 0.293. The fourth-order valence-electron chi connectivity index (χ4n) is 1.25. The second kappa shape index (κ2) is 2.72. The number of hydrogen-bond acceptors (Lipinski definition) is 2. The molecule has 0 aliphatic heterocycles. The van der Waals surface area contributed by atoms with Crippen molar-refractivity contribution < 1.29 is 5.11 Å². The van der Waals surface area contributed by atoms with Gasteiger partial charge in [-0.15, -0.1) is 12.6 Å². The molecule has 1 nitrogen and oxygen atoms in total. The highest BCUT2D eigenvalue weighted by Crippen LogP contribution is 2.24. The molecule has 0 amide bonds. The summed E-state index contributed by atoms with van der Waals surface area (Å²) in [6, 6.07) is 11.1. The van der Waals surface area contributed by atoms with E-state index in [-0.39, 0.29) is 0 Å². The average molecular weight is 176 g/mol. The van der Waals surface area contributed by atoms with Crippen molar-refractivity contribution in [2.24, 2.45) is 0 Å². The quantitative estimate of drug-likeness (QED) is 0.591. The number of thiol groups is 1. The van der Waals surface area contributed by atoms with Gasteiger partial charge in [-0.3, -0.25) is 0 Å². The summed E-state index contributed by atoms with van der Waals surface area (Å²) >= 11 is 4.30. The van der Waals surface area contributed by atoms with E-state index in [1.807, 2.05) is 24.3 Å². The molecule has 2 aromatic rings. The zero-order valence-corrected chi connectivity index (χ0v) is 7.25. The number of aromatic hydroxyl groups is 1. The van der Waals surface area contributed by atoms with Crippen LogP contribution in [-0.4, -0.2) is 5.11 Å². The van der Waals surface area contributed by atoms with E-state index in [0.717, 1.165) is 15.7 Å². The van der Waals surface area contributed by atoms with E-state index in [2.05, 4.69) is 12.6 Å². The van der Waals surface area contributed by atoms with E-state index >= 15 is 0 Å². The minimum absolute atomic E-state index is 0.293. The van der Waals surface area contributed by atoms with E-state index in [1.165, 1.54) is 0 Å². The Hall–Kier alpha value is -1.15. The molecule has 0 aromatic heterocycles. The van der Waals surface area contributed by atoms with Gasteiger partial charge in [0.1, 0.15) is 5.75 Å². The molecule has 0 aliphatic carbocycles. The highest BCUT2D eigenvalue weighted by molar-refractivity contribution is 7.80. The molecular formula is C10H8OS. The van der Waals surface area contributed by atoms with E-state index in [0.29, 0.717) is 5.75 Å². The Morgan fingerprint density at radius 2 is 1.92 bits per heavy atom. The fourth-order valence-corrected chi connectivity index (χ4v) is 1.54. The largest absolute Gasteiger partial charge is 0.508 e. The zero-order chi connectivity index (χ0) is 8.55. The Labute approximate surface area is 76.1 Å². The van der Waals surface area contributed by atoms with Crippen molar-refractivity contribution >= 4 is 23.4 Å². The topological polar surface area (TPSA) is 20.2 Å². The van der Waals surface area contributed by atoms with Gasteiger partial charge < -0.3 is 5.11 Å². The van der Waals surface area contributed by atoms with Crippen LogP contribution in [0.15, 0.2) is 41.3 Å². The molecule has 0 radical (unpaired) electrons. The van der Waals surface area contributed by atoms with Gasteiger partial charge in [-0.2, -0.15) is 0 Å². The third-order valence-electron chi connectivity index (χ3n) is 1.84. The third kappa shape index (κ3) is 1.14. The Morgan fingerprint density at radius 1 is 1.08 bits per heavy atom. The summed E-state index contributed by atoms with van der Waals surface area (Å²) in [6.07, 6.45) is 0. The van der Waals surface area contributed by atoms with Gasteiger partial charge in [0.15, 0.2) is 0 Å². The van der Waals surface area contributed by atoms with Crippen LogP contribution >= 0.6 is 12.6 Å². The van der Waals surface area contributed by atoms with Crippen molar-refractivity contribution in [2.75, 3.05) is 0 Å². The van der Waals surface area contributed by atoms with E-state index < -0.39 is 0 Å². The molecule has 60 valence electrons. The highest BCUT2D eigenvalue weighted by atomic mass is 32.1. The van der Waals surface area contributed by atoms with Gasteiger partial charge in [-0.05, 0) is 35.0 Å². The summed E-state index contributed by atoms with van der Waals surface area (Å²) in [7, 11) is 0. The summed E-state index contributed by atoms with van der Waals surface area (Å²) in [6.45, 7) is 0. The van der Waals surface area contributed by atoms with Gasteiger partial charge in [0.05, 0.1) is 0 Å². The summed E-state index contributed by atoms with van der Waals surface area (Å²) in [5, 5.41) is 11.3. The van der Waals surface area contributed by atoms with Crippen molar-refractivity contribution in [3.05, 3.63) is 36.4 Å². The maximum atomic E-state index is 9.20. The normalized spacial score (nSPS) is 10.4. The molecule has 0 unspecified atom stereocenters. The van der Waals surface area contributed by atoms with Gasteiger partial charge in [-0.1, -0.05) is 12.1 Å². The predicted molar refractivity (Wildman–Crippen MR) is 52.9 cm³/mol. The molecule has 0 atom stereocenters. The maximum Gasteiger partial charge on any atom is 0.116 e. The first kappa shape index (κ1) is 7.50. The summed E-state index contributed by atoms with van der Waals surface area (Å²) in [5.74, 6) is 0.293. The van der Waals surface area contributed by atoms with Crippen LogP contribution in [-0.2, 0) is 0 Å².